The molecule has 174 valence electrons. The molecule has 0 bridgehead atoms. The van der Waals surface area contributed by atoms with E-state index in [0.29, 0.717) is 28.3 Å². The van der Waals surface area contributed by atoms with E-state index in [0.717, 1.165) is 6.07 Å². The molecule has 3 aromatic rings. The molecule has 1 aromatic heterocycles. The molecule has 2 heterocycles. The summed E-state index contributed by atoms with van der Waals surface area (Å²) in [7, 11) is 0. The Kier molecular flexibility index (Phi) is 4.55. The minimum Gasteiger partial charge on any atom is -0.454 e. The molecule has 2 N–H and O–H groups in total. The average molecular weight is 463 g/mol. The van der Waals surface area contributed by atoms with Crippen LogP contribution in [0.4, 0.5) is 23.2 Å². The highest BCUT2D eigenvalue weighted by Gasteiger charge is 2.64. The standard InChI is InChI=1S/C23H21F4N3O3/c1-11-28-8-14-15(29-11)6-12(24)7-16(14)30-20-13-4-5-17-19(33-10-32-17)18(13)21(2,3)9-22(20,31)23(25,26)27/h4-8,20,30-31H,9-10H2,1-3H3/t20-,22-/m0/s1. The molecular weight excluding hydrogens is 442 g/mol. The largest absolute Gasteiger partial charge is 0.454 e. The van der Waals surface area contributed by atoms with E-state index in [4.69, 9.17) is 9.47 Å². The number of fused-ring (bicyclic) bond motifs is 4. The van der Waals surface area contributed by atoms with Crippen molar-refractivity contribution in [3.05, 3.63) is 53.2 Å². The Morgan fingerprint density at radius 1 is 1.18 bits per heavy atom. The lowest BCUT2D eigenvalue weighted by molar-refractivity contribution is -0.275. The predicted octanol–water partition coefficient (Wildman–Crippen LogP) is 4.93. The van der Waals surface area contributed by atoms with Crippen LogP contribution in [0.15, 0.2) is 30.5 Å². The van der Waals surface area contributed by atoms with Gasteiger partial charge in [0, 0.05) is 28.9 Å². The second-order valence-electron chi connectivity index (χ2n) is 9.13. The fraction of sp³-hybridized carbons (Fsp3) is 0.391. The molecule has 2 atom stereocenters. The Bertz CT molecular complexity index is 1270. The maximum atomic E-state index is 14.4. The van der Waals surface area contributed by atoms with E-state index in [1.165, 1.54) is 24.4 Å². The third-order valence-electron chi connectivity index (χ3n) is 6.32. The van der Waals surface area contributed by atoms with Gasteiger partial charge in [-0.15, -0.1) is 0 Å². The van der Waals surface area contributed by atoms with Crippen LogP contribution < -0.4 is 14.8 Å². The molecular formula is C23H21F4N3O3. The number of hydrogen-bond donors (Lipinski definition) is 2. The maximum Gasteiger partial charge on any atom is 0.419 e. The topological polar surface area (TPSA) is 76.5 Å². The Hall–Kier alpha value is -3.14. The average Bonchev–Trinajstić information content (AvgIpc) is 3.17. The summed E-state index contributed by atoms with van der Waals surface area (Å²) >= 11 is 0. The van der Waals surface area contributed by atoms with E-state index in [1.54, 1.807) is 20.8 Å². The Balaban J connectivity index is 1.74. The van der Waals surface area contributed by atoms with E-state index in [-0.39, 0.29) is 23.6 Å². The number of ether oxygens (including phenoxy) is 2. The van der Waals surface area contributed by atoms with Crippen molar-refractivity contribution < 1.29 is 32.1 Å². The van der Waals surface area contributed by atoms with Crippen molar-refractivity contribution in [2.24, 2.45) is 0 Å². The van der Waals surface area contributed by atoms with Gasteiger partial charge >= 0.3 is 6.18 Å². The zero-order chi connectivity index (χ0) is 23.8. The molecule has 0 saturated carbocycles. The SMILES string of the molecule is Cc1ncc2c(N[C@H]3c4ccc5c(c4C(C)(C)C[C@@]3(O)C(F)(F)F)OCO5)cc(F)cc2n1. The van der Waals surface area contributed by atoms with Crippen molar-refractivity contribution in [3.63, 3.8) is 0 Å². The fourth-order valence-corrected chi connectivity index (χ4v) is 4.98. The second-order valence-corrected chi connectivity index (χ2v) is 9.13. The number of anilines is 1. The summed E-state index contributed by atoms with van der Waals surface area (Å²) in [5.74, 6) is 0.499. The van der Waals surface area contributed by atoms with Crippen LogP contribution >= 0.6 is 0 Å². The number of hydrogen-bond acceptors (Lipinski definition) is 6. The lowest BCUT2D eigenvalue weighted by Crippen LogP contribution is -2.58. The highest BCUT2D eigenvalue weighted by Crippen LogP contribution is 2.58. The van der Waals surface area contributed by atoms with Crippen LogP contribution in [0, 0.1) is 12.7 Å². The van der Waals surface area contributed by atoms with Gasteiger partial charge in [0.2, 0.25) is 6.79 Å². The molecule has 6 nitrogen and oxygen atoms in total. The number of benzene rings is 2. The highest BCUT2D eigenvalue weighted by atomic mass is 19.4. The van der Waals surface area contributed by atoms with Gasteiger partial charge in [0.15, 0.2) is 17.1 Å². The van der Waals surface area contributed by atoms with Crippen LogP contribution in [0.1, 0.15) is 43.3 Å². The summed E-state index contributed by atoms with van der Waals surface area (Å²) in [6.07, 6.45) is -4.21. The second kappa shape index (κ2) is 6.93. The monoisotopic (exact) mass is 463 g/mol. The predicted molar refractivity (Wildman–Crippen MR) is 112 cm³/mol. The minimum absolute atomic E-state index is 0.0426. The first-order valence-electron chi connectivity index (χ1n) is 10.3. The van der Waals surface area contributed by atoms with Gasteiger partial charge in [0.1, 0.15) is 11.6 Å². The Labute approximate surface area is 186 Å². The molecule has 0 fully saturated rings. The normalized spacial score (nSPS) is 23.5. The Morgan fingerprint density at radius 2 is 1.94 bits per heavy atom. The van der Waals surface area contributed by atoms with Gasteiger partial charge in [-0.3, -0.25) is 0 Å². The number of rotatable bonds is 2. The van der Waals surface area contributed by atoms with Crippen molar-refractivity contribution in [2.45, 2.75) is 50.4 Å². The van der Waals surface area contributed by atoms with Crippen molar-refractivity contribution in [1.82, 2.24) is 9.97 Å². The van der Waals surface area contributed by atoms with E-state index in [9.17, 15) is 22.7 Å². The molecule has 5 rings (SSSR count). The van der Waals surface area contributed by atoms with Crippen LogP contribution in [0.25, 0.3) is 10.9 Å². The number of aliphatic hydroxyl groups is 1. The van der Waals surface area contributed by atoms with E-state index in [1.807, 2.05) is 0 Å². The van der Waals surface area contributed by atoms with Crippen molar-refractivity contribution in [1.29, 1.82) is 0 Å². The third kappa shape index (κ3) is 3.26. The van der Waals surface area contributed by atoms with E-state index >= 15 is 0 Å². The van der Waals surface area contributed by atoms with E-state index in [2.05, 4.69) is 15.3 Å². The first-order chi connectivity index (χ1) is 15.4. The molecule has 0 unspecified atom stereocenters. The van der Waals surface area contributed by atoms with Gasteiger partial charge in [-0.2, -0.15) is 13.2 Å². The summed E-state index contributed by atoms with van der Waals surface area (Å²) in [5, 5.41) is 14.3. The summed E-state index contributed by atoms with van der Waals surface area (Å²) < 4.78 is 68.6. The molecule has 33 heavy (non-hydrogen) atoms. The fourth-order valence-electron chi connectivity index (χ4n) is 4.98. The summed E-state index contributed by atoms with van der Waals surface area (Å²) in [5.41, 5.74) is -3.26. The van der Waals surface area contributed by atoms with Crippen molar-refractivity contribution in [3.8, 4) is 11.5 Å². The smallest absolute Gasteiger partial charge is 0.419 e. The number of nitrogens with zero attached hydrogens (tertiary/aromatic N) is 2. The van der Waals surface area contributed by atoms with Gasteiger partial charge < -0.3 is 19.9 Å². The quantitative estimate of drug-likeness (QED) is 0.525. The maximum absolute atomic E-state index is 14.4. The van der Waals surface area contributed by atoms with Crippen molar-refractivity contribution >= 4 is 16.6 Å². The van der Waals surface area contributed by atoms with Gasteiger partial charge in [-0.1, -0.05) is 19.9 Å². The molecule has 0 saturated heterocycles. The molecule has 1 aliphatic heterocycles. The minimum atomic E-state index is -4.98. The first-order valence-corrected chi connectivity index (χ1v) is 10.3. The van der Waals surface area contributed by atoms with Crippen LogP contribution in [0.3, 0.4) is 0 Å². The number of aryl methyl sites for hydroxylation is 1. The molecule has 0 spiro atoms. The van der Waals surface area contributed by atoms with Crippen LogP contribution in [-0.4, -0.2) is 33.6 Å². The molecule has 0 amide bonds. The summed E-state index contributed by atoms with van der Waals surface area (Å²) in [6.45, 7) is 4.82. The highest BCUT2D eigenvalue weighted by molar-refractivity contribution is 5.91. The molecule has 2 aliphatic rings. The third-order valence-corrected chi connectivity index (χ3v) is 6.32. The molecule has 0 radical (unpaired) electrons. The van der Waals surface area contributed by atoms with Crippen molar-refractivity contribution in [2.75, 3.05) is 12.1 Å². The van der Waals surface area contributed by atoms with E-state index < -0.39 is 35.5 Å². The zero-order valence-corrected chi connectivity index (χ0v) is 18.0. The van der Waals surface area contributed by atoms with Gasteiger partial charge in [-0.05, 0) is 36.5 Å². The molecule has 2 aromatic carbocycles. The molecule has 10 heteroatoms. The van der Waals surface area contributed by atoms with Crippen LogP contribution in [-0.2, 0) is 5.41 Å². The van der Waals surface area contributed by atoms with Crippen LogP contribution in [0.2, 0.25) is 0 Å². The zero-order valence-electron chi connectivity index (χ0n) is 18.0. The number of aromatic nitrogens is 2. The Morgan fingerprint density at radius 3 is 2.67 bits per heavy atom. The first kappa shape index (κ1) is 21.7. The summed E-state index contributed by atoms with van der Waals surface area (Å²) in [4.78, 5) is 8.27. The summed E-state index contributed by atoms with van der Waals surface area (Å²) in [6, 6.07) is 3.61. The lowest BCUT2D eigenvalue weighted by Gasteiger charge is -2.49. The molecule has 1 aliphatic carbocycles. The number of alkyl halides is 3. The van der Waals surface area contributed by atoms with Gasteiger partial charge in [-0.25, -0.2) is 14.4 Å². The van der Waals surface area contributed by atoms with Crippen LogP contribution in [0.5, 0.6) is 11.5 Å². The van der Waals surface area contributed by atoms with Gasteiger partial charge in [0.25, 0.3) is 0 Å². The van der Waals surface area contributed by atoms with Gasteiger partial charge in [0.05, 0.1) is 11.6 Å². The number of nitrogens with one attached hydrogen (secondary N) is 1. The number of halogens is 4. The lowest BCUT2D eigenvalue weighted by atomic mass is 9.63.